The van der Waals surface area contributed by atoms with Crippen molar-refractivity contribution in [1.82, 2.24) is 9.80 Å². The molecule has 1 atom stereocenters. The van der Waals surface area contributed by atoms with E-state index in [1.807, 2.05) is 0 Å². The largest absolute Gasteiger partial charge is 0.396 e. The number of hydrogen-bond acceptors (Lipinski definition) is 4. The molecule has 0 aromatic carbocycles. The molecule has 1 N–H and O–H groups in total. The highest BCUT2D eigenvalue weighted by Gasteiger charge is 2.26. The van der Waals surface area contributed by atoms with Crippen LogP contribution in [-0.4, -0.2) is 73.5 Å². The molecule has 2 fully saturated rings. The van der Waals surface area contributed by atoms with E-state index in [9.17, 15) is 0 Å². The minimum absolute atomic E-state index is 0.335. The molecule has 1 unspecified atom stereocenters. The average molecular weight is 242 g/mol. The first-order valence-corrected chi connectivity index (χ1v) is 7.05. The van der Waals surface area contributed by atoms with Crippen LogP contribution in [-0.2, 0) is 4.74 Å². The van der Waals surface area contributed by atoms with E-state index in [0.29, 0.717) is 6.61 Å². The zero-order chi connectivity index (χ0) is 11.9. The Morgan fingerprint density at radius 1 is 1.12 bits per heavy atom. The van der Waals surface area contributed by atoms with Crippen molar-refractivity contribution in [3.8, 4) is 0 Å². The maximum absolute atomic E-state index is 8.83. The highest BCUT2D eigenvalue weighted by Crippen LogP contribution is 2.19. The molecular weight excluding hydrogens is 216 g/mol. The summed E-state index contributed by atoms with van der Waals surface area (Å²) in [6, 6.07) is 0.742. The van der Waals surface area contributed by atoms with Gasteiger partial charge < -0.3 is 9.84 Å². The molecule has 2 aliphatic heterocycles. The average Bonchev–Trinajstić information content (AvgIpc) is 2.79. The summed E-state index contributed by atoms with van der Waals surface area (Å²) in [5, 5.41) is 8.83. The minimum Gasteiger partial charge on any atom is -0.396 e. The highest BCUT2D eigenvalue weighted by atomic mass is 16.5. The molecule has 0 aromatic heterocycles. The summed E-state index contributed by atoms with van der Waals surface area (Å²) in [6.07, 6.45) is 4.77. The van der Waals surface area contributed by atoms with Gasteiger partial charge in [0.05, 0.1) is 13.2 Å². The van der Waals surface area contributed by atoms with E-state index in [1.54, 1.807) is 0 Å². The van der Waals surface area contributed by atoms with Crippen molar-refractivity contribution in [2.45, 2.75) is 31.7 Å². The third-order valence-electron chi connectivity index (χ3n) is 3.93. The zero-order valence-corrected chi connectivity index (χ0v) is 10.8. The van der Waals surface area contributed by atoms with Crippen molar-refractivity contribution >= 4 is 0 Å². The van der Waals surface area contributed by atoms with Gasteiger partial charge in [0.15, 0.2) is 0 Å². The van der Waals surface area contributed by atoms with Gasteiger partial charge in [-0.05, 0) is 38.8 Å². The SMILES string of the molecule is OCCCCN1CCCC1CN1CCOCC1. The number of nitrogens with zero attached hydrogens (tertiary/aromatic N) is 2. The number of aliphatic hydroxyl groups is 1. The smallest absolute Gasteiger partial charge is 0.0594 e. The molecule has 2 rings (SSSR count). The summed E-state index contributed by atoms with van der Waals surface area (Å²) in [5.74, 6) is 0. The topological polar surface area (TPSA) is 35.9 Å². The predicted molar refractivity (Wildman–Crippen MR) is 68.2 cm³/mol. The second-order valence-electron chi connectivity index (χ2n) is 5.18. The monoisotopic (exact) mass is 242 g/mol. The number of unbranched alkanes of at least 4 members (excludes halogenated alkanes) is 1. The molecule has 2 aliphatic rings. The lowest BCUT2D eigenvalue weighted by molar-refractivity contribution is 0.0266. The highest BCUT2D eigenvalue weighted by molar-refractivity contribution is 4.82. The fourth-order valence-electron chi connectivity index (χ4n) is 2.90. The number of aliphatic hydroxyl groups excluding tert-OH is 1. The third-order valence-corrected chi connectivity index (χ3v) is 3.93. The first-order valence-electron chi connectivity index (χ1n) is 7.05. The van der Waals surface area contributed by atoms with Gasteiger partial charge in [0.2, 0.25) is 0 Å². The number of morpholine rings is 1. The van der Waals surface area contributed by atoms with Crippen LogP contribution in [0.25, 0.3) is 0 Å². The Hall–Kier alpha value is -0.160. The summed E-state index contributed by atoms with van der Waals surface area (Å²) in [6.45, 7) is 7.96. The standard InChI is InChI=1S/C13H26N2O2/c16-9-2-1-5-15-6-3-4-13(15)12-14-7-10-17-11-8-14/h13,16H,1-12H2. The molecule has 0 bridgehead atoms. The Morgan fingerprint density at radius 2 is 1.94 bits per heavy atom. The molecule has 2 heterocycles. The van der Waals surface area contributed by atoms with Crippen LogP contribution in [0.3, 0.4) is 0 Å². The van der Waals surface area contributed by atoms with E-state index in [-0.39, 0.29) is 0 Å². The van der Waals surface area contributed by atoms with Crippen LogP contribution in [0.2, 0.25) is 0 Å². The van der Waals surface area contributed by atoms with Crippen molar-refractivity contribution in [3.63, 3.8) is 0 Å². The lowest BCUT2D eigenvalue weighted by Crippen LogP contribution is -2.45. The molecule has 2 saturated heterocycles. The van der Waals surface area contributed by atoms with Crippen LogP contribution < -0.4 is 0 Å². The number of ether oxygens (including phenoxy) is 1. The molecule has 0 spiro atoms. The Morgan fingerprint density at radius 3 is 2.71 bits per heavy atom. The maximum Gasteiger partial charge on any atom is 0.0594 e. The van der Waals surface area contributed by atoms with Gasteiger partial charge in [-0.25, -0.2) is 0 Å². The fraction of sp³-hybridized carbons (Fsp3) is 1.00. The van der Waals surface area contributed by atoms with Gasteiger partial charge in [-0.3, -0.25) is 9.80 Å². The first-order chi connectivity index (χ1) is 8.40. The van der Waals surface area contributed by atoms with Gasteiger partial charge in [0.25, 0.3) is 0 Å². The number of likely N-dealkylation sites (tertiary alicyclic amines) is 1. The third kappa shape index (κ3) is 4.21. The van der Waals surface area contributed by atoms with Crippen LogP contribution >= 0.6 is 0 Å². The Bertz CT molecular complexity index is 208. The summed E-state index contributed by atoms with van der Waals surface area (Å²) in [7, 11) is 0. The van der Waals surface area contributed by atoms with Crippen molar-refractivity contribution in [2.75, 3.05) is 52.5 Å². The molecular formula is C13H26N2O2. The van der Waals surface area contributed by atoms with Gasteiger partial charge >= 0.3 is 0 Å². The zero-order valence-electron chi connectivity index (χ0n) is 10.8. The minimum atomic E-state index is 0.335. The molecule has 0 radical (unpaired) electrons. The van der Waals surface area contributed by atoms with E-state index >= 15 is 0 Å². The second kappa shape index (κ2) is 7.31. The maximum atomic E-state index is 8.83. The Kier molecular flexibility index (Phi) is 5.71. The van der Waals surface area contributed by atoms with E-state index < -0.39 is 0 Å². The molecule has 4 heteroatoms. The lowest BCUT2D eigenvalue weighted by atomic mass is 10.2. The van der Waals surface area contributed by atoms with Gasteiger partial charge in [-0.2, -0.15) is 0 Å². The molecule has 0 aliphatic carbocycles. The fourth-order valence-corrected chi connectivity index (χ4v) is 2.90. The molecule has 4 nitrogen and oxygen atoms in total. The predicted octanol–water partition coefficient (Wildman–Crippen LogP) is 0.556. The molecule has 0 aromatic rings. The van der Waals surface area contributed by atoms with Crippen LogP contribution in [0, 0.1) is 0 Å². The van der Waals surface area contributed by atoms with Crippen molar-refractivity contribution in [1.29, 1.82) is 0 Å². The summed E-state index contributed by atoms with van der Waals surface area (Å²) >= 11 is 0. The van der Waals surface area contributed by atoms with Crippen molar-refractivity contribution in [3.05, 3.63) is 0 Å². The van der Waals surface area contributed by atoms with E-state index in [1.165, 1.54) is 25.9 Å². The Labute approximate surface area is 105 Å². The van der Waals surface area contributed by atoms with Crippen molar-refractivity contribution < 1.29 is 9.84 Å². The molecule has 100 valence electrons. The summed E-state index contributed by atoms with van der Waals surface area (Å²) < 4.78 is 5.39. The summed E-state index contributed by atoms with van der Waals surface area (Å²) in [4.78, 5) is 5.16. The first kappa shape index (κ1) is 13.3. The van der Waals surface area contributed by atoms with E-state index in [0.717, 1.165) is 51.7 Å². The quantitative estimate of drug-likeness (QED) is 0.690. The molecule has 0 amide bonds. The number of hydrogen-bond donors (Lipinski definition) is 1. The van der Waals surface area contributed by atoms with Gasteiger partial charge in [0, 0.05) is 32.3 Å². The molecule has 0 saturated carbocycles. The van der Waals surface area contributed by atoms with E-state index in [2.05, 4.69) is 9.80 Å². The van der Waals surface area contributed by atoms with Crippen LogP contribution in [0.4, 0.5) is 0 Å². The second-order valence-corrected chi connectivity index (χ2v) is 5.18. The van der Waals surface area contributed by atoms with Gasteiger partial charge in [0.1, 0.15) is 0 Å². The van der Waals surface area contributed by atoms with Gasteiger partial charge in [-0.15, -0.1) is 0 Å². The Balaban J connectivity index is 1.70. The lowest BCUT2D eigenvalue weighted by Gasteiger charge is -2.32. The van der Waals surface area contributed by atoms with Crippen LogP contribution in [0.15, 0.2) is 0 Å². The number of rotatable bonds is 6. The van der Waals surface area contributed by atoms with Crippen LogP contribution in [0.5, 0.6) is 0 Å². The van der Waals surface area contributed by atoms with E-state index in [4.69, 9.17) is 9.84 Å². The normalized spacial score (nSPS) is 27.7. The van der Waals surface area contributed by atoms with Gasteiger partial charge in [-0.1, -0.05) is 0 Å². The van der Waals surface area contributed by atoms with Crippen LogP contribution in [0.1, 0.15) is 25.7 Å². The summed E-state index contributed by atoms with van der Waals surface area (Å²) in [5.41, 5.74) is 0. The molecule has 17 heavy (non-hydrogen) atoms. The van der Waals surface area contributed by atoms with Crippen molar-refractivity contribution in [2.24, 2.45) is 0 Å².